The molecule has 0 saturated heterocycles. The highest BCUT2D eigenvalue weighted by molar-refractivity contribution is 7.92. The molecular formula is C14H17FN4O4S. The van der Waals surface area contributed by atoms with Crippen molar-refractivity contribution in [2.75, 3.05) is 18.1 Å². The van der Waals surface area contributed by atoms with Crippen molar-refractivity contribution in [1.82, 2.24) is 15.1 Å². The van der Waals surface area contributed by atoms with E-state index in [1.165, 1.54) is 36.2 Å². The van der Waals surface area contributed by atoms with Crippen molar-refractivity contribution in [3.8, 4) is 5.88 Å². The predicted molar refractivity (Wildman–Crippen MR) is 85.8 cm³/mol. The molecule has 1 aromatic heterocycles. The number of benzene rings is 1. The van der Waals surface area contributed by atoms with Gasteiger partial charge in [-0.25, -0.2) is 12.8 Å². The summed E-state index contributed by atoms with van der Waals surface area (Å²) in [5.74, 6) is -1.02. The second-order valence-corrected chi connectivity index (χ2v) is 6.80. The number of halogens is 1. The Morgan fingerprint density at radius 3 is 2.75 bits per heavy atom. The number of hydrogen-bond acceptors (Lipinski definition) is 5. The summed E-state index contributed by atoms with van der Waals surface area (Å²) in [5.41, 5.74) is 0.282. The summed E-state index contributed by atoms with van der Waals surface area (Å²) in [6, 6.07) is 3.97. The molecule has 1 amide bonds. The lowest BCUT2D eigenvalue weighted by Gasteiger charge is -2.12. The predicted octanol–water partition coefficient (Wildman–Crippen LogP) is 0.869. The number of amides is 1. The van der Waals surface area contributed by atoms with E-state index in [-0.39, 0.29) is 29.2 Å². The smallest absolute Gasteiger partial charge is 0.258 e. The fraction of sp³-hybridized carbons (Fsp3) is 0.286. The molecule has 0 fully saturated rings. The van der Waals surface area contributed by atoms with Crippen molar-refractivity contribution < 1.29 is 22.3 Å². The molecule has 0 unspecified atom stereocenters. The van der Waals surface area contributed by atoms with E-state index in [1.807, 2.05) is 0 Å². The van der Waals surface area contributed by atoms with Crippen LogP contribution in [0.5, 0.6) is 5.88 Å². The second kappa shape index (κ2) is 6.87. The fourth-order valence-corrected chi connectivity index (χ4v) is 2.66. The van der Waals surface area contributed by atoms with Crippen LogP contribution in [-0.2, 0) is 23.6 Å². The number of aryl methyl sites for hydroxylation is 1. The average molecular weight is 356 g/mol. The van der Waals surface area contributed by atoms with Gasteiger partial charge in [-0.1, -0.05) is 6.07 Å². The molecule has 1 heterocycles. The third kappa shape index (κ3) is 4.22. The third-order valence-electron chi connectivity index (χ3n) is 3.07. The lowest BCUT2D eigenvalue weighted by Crippen LogP contribution is -2.24. The standard InChI is InChI=1S/C14H17FN4O4S/c1-19-8-10(14(17-19)23-2)13(20)16-7-9-11(15)5-4-6-12(9)18-24(3,21)22/h4-6,8,18H,7H2,1-3H3,(H,16,20). The number of nitrogens with zero attached hydrogens (tertiary/aromatic N) is 2. The second-order valence-electron chi connectivity index (χ2n) is 5.05. The molecule has 2 N–H and O–H groups in total. The number of rotatable bonds is 6. The highest BCUT2D eigenvalue weighted by atomic mass is 32.2. The number of carbonyl (C=O) groups excluding carboxylic acids is 1. The van der Waals surface area contributed by atoms with Crippen molar-refractivity contribution >= 4 is 21.6 Å². The third-order valence-corrected chi connectivity index (χ3v) is 3.66. The van der Waals surface area contributed by atoms with Gasteiger partial charge in [0, 0.05) is 25.4 Å². The molecule has 2 rings (SSSR count). The van der Waals surface area contributed by atoms with E-state index in [9.17, 15) is 17.6 Å². The molecule has 0 aliphatic heterocycles. The molecule has 24 heavy (non-hydrogen) atoms. The van der Waals surface area contributed by atoms with Gasteiger partial charge in [0.2, 0.25) is 15.9 Å². The Morgan fingerprint density at radius 1 is 1.42 bits per heavy atom. The van der Waals surface area contributed by atoms with Crippen LogP contribution >= 0.6 is 0 Å². The highest BCUT2D eigenvalue weighted by Crippen LogP contribution is 2.21. The van der Waals surface area contributed by atoms with Crippen LogP contribution in [0.1, 0.15) is 15.9 Å². The van der Waals surface area contributed by atoms with Crippen LogP contribution in [0.2, 0.25) is 0 Å². The van der Waals surface area contributed by atoms with Gasteiger partial charge in [0.25, 0.3) is 5.91 Å². The molecule has 0 saturated carbocycles. The Morgan fingerprint density at radius 2 is 2.12 bits per heavy atom. The maximum Gasteiger partial charge on any atom is 0.258 e. The number of anilines is 1. The summed E-state index contributed by atoms with van der Waals surface area (Å²) in [7, 11) is -0.569. The first-order chi connectivity index (χ1) is 11.2. The van der Waals surface area contributed by atoms with E-state index in [1.54, 1.807) is 7.05 Å². The van der Waals surface area contributed by atoms with E-state index in [4.69, 9.17) is 4.74 Å². The Balaban J connectivity index is 2.21. The minimum absolute atomic E-state index is 0.0270. The minimum Gasteiger partial charge on any atom is -0.479 e. The summed E-state index contributed by atoms with van der Waals surface area (Å²) >= 11 is 0. The molecule has 0 aliphatic rings. The number of sulfonamides is 1. The zero-order chi connectivity index (χ0) is 17.9. The molecule has 0 bridgehead atoms. The van der Waals surface area contributed by atoms with Crippen molar-refractivity contribution in [3.63, 3.8) is 0 Å². The maximum absolute atomic E-state index is 14.0. The van der Waals surface area contributed by atoms with Gasteiger partial charge in [0.15, 0.2) is 0 Å². The van der Waals surface area contributed by atoms with Crippen LogP contribution in [0.25, 0.3) is 0 Å². The molecular weight excluding hydrogens is 339 g/mol. The zero-order valence-electron chi connectivity index (χ0n) is 13.3. The van der Waals surface area contributed by atoms with E-state index in [2.05, 4.69) is 15.1 Å². The monoisotopic (exact) mass is 356 g/mol. The van der Waals surface area contributed by atoms with Gasteiger partial charge in [-0.3, -0.25) is 14.2 Å². The van der Waals surface area contributed by atoms with E-state index < -0.39 is 21.7 Å². The number of hydrogen-bond donors (Lipinski definition) is 2. The summed E-state index contributed by atoms with van der Waals surface area (Å²) < 4.78 is 45.3. The first-order valence-electron chi connectivity index (χ1n) is 6.82. The van der Waals surface area contributed by atoms with Crippen LogP contribution in [0, 0.1) is 5.82 Å². The average Bonchev–Trinajstić information content (AvgIpc) is 2.86. The Labute approximate surface area is 138 Å². The summed E-state index contributed by atoms with van der Waals surface area (Å²) in [5, 5.41) is 6.48. The highest BCUT2D eigenvalue weighted by Gasteiger charge is 2.18. The largest absolute Gasteiger partial charge is 0.479 e. The maximum atomic E-state index is 14.0. The SMILES string of the molecule is COc1nn(C)cc1C(=O)NCc1c(F)cccc1NS(C)(=O)=O. The van der Waals surface area contributed by atoms with Gasteiger partial charge in [-0.2, -0.15) is 0 Å². The normalized spacial score (nSPS) is 11.2. The van der Waals surface area contributed by atoms with Gasteiger partial charge in [-0.05, 0) is 12.1 Å². The topological polar surface area (TPSA) is 102 Å². The molecule has 8 nitrogen and oxygen atoms in total. The van der Waals surface area contributed by atoms with Crippen molar-refractivity contribution in [1.29, 1.82) is 0 Å². The number of aromatic nitrogens is 2. The van der Waals surface area contributed by atoms with Gasteiger partial charge in [0.1, 0.15) is 11.4 Å². The fourth-order valence-electron chi connectivity index (χ4n) is 2.07. The molecule has 130 valence electrons. The Kier molecular flexibility index (Phi) is 5.07. The summed E-state index contributed by atoms with van der Waals surface area (Å²) in [6.07, 6.45) is 2.42. The quantitative estimate of drug-likeness (QED) is 0.800. The lowest BCUT2D eigenvalue weighted by molar-refractivity contribution is 0.0947. The van der Waals surface area contributed by atoms with E-state index >= 15 is 0 Å². The number of ether oxygens (including phenoxy) is 1. The van der Waals surface area contributed by atoms with Crippen LogP contribution in [0.4, 0.5) is 10.1 Å². The van der Waals surface area contributed by atoms with Crippen LogP contribution in [-0.4, -0.2) is 37.5 Å². The Hall–Kier alpha value is -2.62. The van der Waals surface area contributed by atoms with Crippen LogP contribution in [0.3, 0.4) is 0 Å². The molecule has 0 atom stereocenters. The van der Waals surface area contributed by atoms with Crippen LogP contribution in [0.15, 0.2) is 24.4 Å². The number of methoxy groups -OCH3 is 1. The van der Waals surface area contributed by atoms with Crippen molar-refractivity contribution in [2.24, 2.45) is 7.05 Å². The van der Waals surface area contributed by atoms with Crippen LogP contribution < -0.4 is 14.8 Å². The van der Waals surface area contributed by atoms with Gasteiger partial charge >= 0.3 is 0 Å². The van der Waals surface area contributed by atoms with Crippen molar-refractivity contribution in [2.45, 2.75) is 6.54 Å². The molecule has 0 radical (unpaired) electrons. The van der Waals surface area contributed by atoms with E-state index in [0.717, 1.165) is 6.26 Å². The lowest BCUT2D eigenvalue weighted by atomic mass is 10.1. The first kappa shape index (κ1) is 17.7. The Bertz CT molecular complexity index is 864. The number of nitrogens with one attached hydrogen (secondary N) is 2. The molecule has 2 aromatic rings. The van der Waals surface area contributed by atoms with Gasteiger partial charge < -0.3 is 10.1 Å². The first-order valence-corrected chi connectivity index (χ1v) is 8.71. The van der Waals surface area contributed by atoms with E-state index in [0.29, 0.717) is 0 Å². The zero-order valence-corrected chi connectivity index (χ0v) is 14.1. The van der Waals surface area contributed by atoms with Gasteiger partial charge in [0.05, 0.1) is 19.1 Å². The number of carbonyl (C=O) groups is 1. The molecule has 1 aromatic carbocycles. The molecule has 0 spiro atoms. The van der Waals surface area contributed by atoms with Gasteiger partial charge in [-0.15, -0.1) is 5.10 Å². The summed E-state index contributed by atoms with van der Waals surface area (Å²) in [4.78, 5) is 12.2. The van der Waals surface area contributed by atoms with Crippen molar-refractivity contribution in [3.05, 3.63) is 41.3 Å². The molecule has 10 heteroatoms. The molecule has 0 aliphatic carbocycles. The minimum atomic E-state index is -3.58. The summed E-state index contributed by atoms with van der Waals surface area (Å²) in [6.45, 7) is -0.207.